The average molecular weight is 396 g/mol. The van der Waals surface area contributed by atoms with Crippen molar-refractivity contribution < 1.29 is 14.0 Å². The Morgan fingerprint density at radius 3 is 2.89 bits per heavy atom. The Morgan fingerprint density at radius 2 is 2.14 bits per heavy atom. The number of halogens is 1. The van der Waals surface area contributed by atoms with E-state index in [1.807, 2.05) is 0 Å². The highest BCUT2D eigenvalue weighted by molar-refractivity contribution is 8.00. The molecule has 1 atom stereocenters. The number of thioether (sulfide) groups is 1. The van der Waals surface area contributed by atoms with Crippen LogP contribution in [-0.2, 0) is 11.8 Å². The minimum atomic E-state index is -0.756. The quantitative estimate of drug-likeness (QED) is 0.711. The van der Waals surface area contributed by atoms with Gasteiger partial charge in [-0.15, -0.1) is 11.8 Å². The second-order valence-electron chi connectivity index (χ2n) is 6.37. The average Bonchev–Trinajstić information content (AvgIpc) is 3.11. The molecule has 2 heterocycles. The summed E-state index contributed by atoms with van der Waals surface area (Å²) in [5, 5.41) is 5.64. The lowest BCUT2D eigenvalue weighted by Crippen LogP contribution is -2.32. The molecule has 0 saturated carbocycles. The van der Waals surface area contributed by atoms with Gasteiger partial charge in [0.25, 0.3) is 5.91 Å². The van der Waals surface area contributed by atoms with Gasteiger partial charge in [-0.2, -0.15) is 0 Å². The summed E-state index contributed by atoms with van der Waals surface area (Å²) >= 11 is 1.42. The molecule has 0 radical (unpaired) electrons. The fourth-order valence-corrected chi connectivity index (χ4v) is 3.87. The van der Waals surface area contributed by atoms with E-state index in [0.29, 0.717) is 28.4 Å². The lowest BCUT2D eigenvalue weighted by Gasteiger charge is -2.21. The van der Waals surface area contributed by atoms with Gasteiger partial charge in [-0.1, -0.05) is 18.2 Å². The molecule has 4 rings (SSSR count). The van der Waals surface area contributed by atoms with Crippen molar-refractivity contribution in [3.8, 4) is 0 Å². The Balaban J connectivity index is 1.67. The maximum Gasteiger partial charge on any atom is 0.252 e. The summed E-state index contributed by atoms with van der Waals surface area (Å²) in [5.74, 6) is -0.0473. The maximum absolute atomic E-state index is 14.4. The summed E-state index contributed by atoms with van der Waals surface area (Å²) in [6.45, 7) is 0. The van der Waals surface area contributed by atoms with Gasteiger partial charge in [-0.3, -0.25) is 9.59 Å². The van der Waals surface area contributed by atoms with Gasteiger partial charge in [0.1, 0.15) is 17.7 Å². The SMILES string of the molecule is Cn1ccnc1[C@@H](NC(=O)c1ccc2c(c1)NC(=O)CS2)c1ccccc1F. The Morgan fingerprint density at radius 1 is 1.32 bits per heavy atom. The van der Waals surface area contributed by atoms with Crippen LogP contribution in [0.4, 0.5) is 10.1 Å². The van der Waals surface area contributed by atoms with Crippen molar-refractivity contribution >= 4 is 29.3 Å². The third kappa shape index (κ3) is 3.50. The molecule has 0 aliphatic carbocycles. The van der Waals surface area contributed by atoms with Crippen LogP contribution in [-0.4, -0.2) is 27.1 Å². The van der Waals surface area contributed by atoms with Gasteiger partial charge in [0, 0.05) is 35.5 Å². The van der Waals surface area contributed by atoms with E-state index in [1.54, 1.807) is 60.4 Å². The van der Waals surface area contributed by atoms with Crippen molar-refractivity contribution in [1.82, 2.24) is 14.9 Å². The number of rotatable bonds is 4. The molecule has 0 unspecified atom stereocenters. The summed E-state index contributed by atoms with van der Waals surface area (Å²) in [6.07, 6.45) is 3.34. The van der Waals surface area contributed by atoms with Crippen molar-refractivity contribution in [2.45, 2.75) is 10.9 Å². The van der Waals surface area contributed by atoms with E-state index in [-0.39, 0.29) is 11.8 Å². The van der Waals surface area contributed by atoms with E-state index in [1.165, 1.54) is 17.8 Å². The highest BCUT2D eigenvalue weighted by Gasteiger charge is 2.25. The predicted molar refractivity (Wildman–Crippen MR) is 105 cm³/mol. The van der Waals surface area contributed by atoms with Crippen molar-refractivity contribution in [3.63, 3.8) is 0 Å². The number of imidazole rings is 1. The molecule has 0 spiro atoms. The summed E-state index contributed by atoms with van der Waals surface area (Å²) in [6, 6.07) is 10.6. The third-order valence-corrected chi connectivity index (χ3v) is 5.56. The number of aryl methyl sites for hydroxylation is 1. The molecule has 1 aliphatic rings. The molecule has 2 aromatic carbocycles. The highest BCUT2D eigenvalue weighted by atomic mass is 32.2. The fourth-order valence-electron chi connectivity index (χ4n) is 3.08. The number of anilines is 1. The fraction of sp³-hybridized carbons (Fsp3) is 0.150. The highest BCUT2D eigenvalue weighted by Crippen LogP contribution is 2.32. The molecular formula is C20H17FN4O2S. The molecule has 3 aromatic rings. The molecule has 0 fully saturated rings. The molecule has 142 valence electrons. The van der Waals surface area contributed by atoms with E-state index < -0.39 is 11.9 Å². The maximum atomic E-state index is 14.4. The Kier molecular flexibility index (Phi) is 4.87. The van der Waals surface area contributed by atoms with Crippen LogP contribution in [0.2, 0.25) is 0 Å². The zero-order valence-electron chi connectivity index (χ0n) is 15.0. The Labute approximate surface area is 165 Å². The van der Waals surface area contributed by atoms with Crippen LogP contribution in [0.3, 0.4) is 0 Å². The Hall–Kier alpha value is -3.13. The zero-order valence-corrected chi connectivity index (χ0v) is 15.8. The number of fused-ring (bicyclic) bond motifs is 1. The van der Waals surface area contributed by atoms with Gasteiger partial charge in [0.2, 0.25) is 5.91 Å². The van der Waals surface area contributed by atoms with Crippen molar-refractivity contribution in [2.24, 2.45) is 7.05 Å². The number of hydrogen-bond donors (Lipinski definition) is 2. The molecule has 0 bridgehead atoms. The number of amides is 2. The number of benzene rings is 2. The Bertz CT molecular complexity index is 1070. The molecule has 6 nitrogen and oxygen atoms in total. The van der Waals surface area contributed by atoms with Gasteiger partial charge in [0.15, 0.2) is 0 Å². The minimum absolute atomic E-state index is 0.104. The molecule has 8 heteroatoms. The van der Waals surface area contributed by atoms with E-state index in [4.69, 9.17) is 0 Å². The van der Waals surface area contributed by atoms with E-state index >= 15 is 0 Å². The zero-order chi connectivity index (χ0) is 19.7. The normalized spacial score (nSPS) is 14.1. The molecule has 1 aliphatic heterocycles. The predicted octanol–water partition coefficient (Wildman–Crippen LogP) is 3.12. The number of carbonyl (C=O) groups excluding carboxylic acids is 2. The second kappa shape index (κ2) is 7.47. The van der Waals surface area contributed by atoms with Gasteiger partial charge >= 0.3 is 0 Å². The van der Waals surface area contributed by atoms with Crippen LogP contribution in [0.5, 0.6) is 0 Å². The van der Waals surface area contributed by atoms with Crippen molar-refractivity contribution in [1.29, 1.82) is 0 Å². The molecule has 2 amide bonds. The summed E-state index contributed by atoms with van der Waals surface area (Å²) in [4.78, 5) is 29.7. The van der Waals surface area contributed by atoms with Crippen LogP contribution in [0.25, 0.3) is 0 Å². The van der Waals surface area contributed by atoms with Crippen LogP contribution in [0.1, 0.15) is 27.8 Å². The molecule has 0 saturated heterocycles. The van der Waals surface area contributed by atoms with Crippen molar-refractivity contribution in [2.75, 3.05) is 11.1 Å². The van der Waals surface area contributed by atoms with Gasteiger partial charge in [0.05, 0.1) is 11.4 Å². The molecular weight excluding hydrogens is 379 g/mol. The number of nitrogens with one attached hydrogen (secondary N) is 2. The van der Waals surface area contributed by atoms with Gasteiger partial charge in [-0.05, 0) is 24.3 Å². The van der Waals surface area contributed by atoms with E-state index in [9.17, 15) is 14.0 Å². The van der Waals surface area contributed by atoms with Crippen LogP contribution in [0, 0.1) is 5.82 Å². The van der Waals surface area contributed by atoms with Crippen LogP contribution in [0.15, 0.2) is 59.8 Å². The molecule has 1 aromatic heterocycles. The molecule has 2 N–H and O–H groups in total. The molecule has 28 heavy (non-hydrogen) atoms. The van der Waals surface area contributed by atoms with Gasteiger partial charge < -0.3 is 15.2 Å². The first-order valence-electron chi connectivity index (χ1n) is 8.62. The summed E-state index contributed by atoms with van der Waals surface area (Å²) in [5.41, 5.74) is 1.30. The van der Waals surface area contributed by atoms with Gasteiger partial charge in [-0.25, -0.2) is 9.37 Å². The third-order valence-electron chi connectivity index (χ3n) is 4.48. The number of hydrogen-bond acceptors (Lipinski definition) is 4. The first-order valence-corrected chi connectivity index (χ1v) is 9.60. The largest absolute Gasteiger partial charge is 0.338 e. The lowest BCUT2D eigenvalue weighted by molar-refractivity contribution is -0.113. The number of aromatic nitrogens is 2. The smallest absolute Gasteiger partial charge is 0.252 e. The standard InChI is InChI=1S/C20H17FN4O2S/c1-25-9-8-22-19(25)18(13-4-2-3-5-14(13)21)24-20(27)12-6-7-16-15(10-12)23-17(26)11-28-16/h2-10,18H,11H2,1H3,(H,23,26)(H,24,27)/t18-/m0/s1. The first kappa shape index (κ1) is 18.2. The lowest BCUT2D eigenvalue weighted by atomic mass is 10.0. The topological polar surface area (TPSA) is 76.0 Å². The summed E-state index contributed by atoms with van der Waals surface area (Å²) < 4.78 is 16.2. The minimum Gasteiger partial charge on any atom is -0.338 e. The van der Waals surface area contributed by atoms with E-state index in [2.05, 4.69) is 15.6 Å². The van der Waals surface area contributed by atoms with E-state index in [0.717, 1.165) is 4.90 Å². The monoisotopic (exact) mass is 396 g/mol. The number of carbonyl (C=O) groups is 2. The summed E-state index contributed by atoms with van der Waals surface area (Å²) in [7, 11) is 1.79. The number of nitrogens with zero attached hydrogens (tertiary/aromatic N) is 2. The van der Waals surface area contributed by atoms with Crippen LogP contribution < -0.4 is 10.6 Å². The van der Waals surface area contributed by atoms with Crippen LogP contribution >= 0.6 is 11.8 Å². The van der Waals surface area contributed by atoms with Crippen molar-refractivity contribution in [3.05, 3.63) is 77.6 Å². The first-order chi connectivity index (χ1) is 13.5. The second-order valence-corrected chi connectivity index (χ2v) is 7.39.